The minimum atomic E-state index is -0.0365. The van der Waals surface area contributed by atoms with E-state index in [0.29, 0.717) is 6.10 Å². The van der Waals surface area contributed by atoms with E-state index in [2.05, 4.69) is 37.9 Å². The normalized spacial score (nSPS) is 34.0. The van der Waals surface area contributed by atoms with Crippen molar-refractivity contribution in [3.05, 3.63) is 0 Å². The molecular weight excluding hydrogens is 264 g/mol. The smallest absolute Gasteiger partial charge is 0.0757 e. The van der Waals surface area contributed by atoms with Gasteiger partial charge in [0, 0.05) is 38.2 Å². The molecule has 2 atom stereocenters. The molecule has 21 heavy (non-hydrogen) atoms. The van der Waals surface area contributed by atoms with Gasteiger partial charge in [-0.3, -0.25) is 4.90 Å². The third-order valence-electron chi connectivity index (χ3n) is 4.53. The molecule has 2 aliphatic rings. The molecule has 2 unspecified atom stereocenters. The van der Waals surface area contributed by atoms with Crippen LogP contribution in [0, 0.1) is 5.41 Å². The molecule has 0 aromatic rings. The van der Waals surface area contributed by atoms with Crippen LogP contribution in [-0.2, 0) is 9.47 Å². The summed E-state index contributed by atoms with van der Waals surface area (Å²) >= 11 is 0. The van der Waals surface area contributed by atoms with E-state index in [1.165, 1.54) is 19.3 Å². The molecule has 4 nitrogen and oxygen atoms in total. The number of nitrogens with one attached hydrogen (secondary N) is 1. The van der Waals surface area contributed by atoms with Gasteiger partial charge in [-0.05, 0) is 46.6 Å². The average molecular weight is 298 g/mol. The van der Waals surface area contributed by atoms with Crippen LogP contribution >= 0.6 is 0 Å². The summed E-state index contributed by atoms with van der Waals surface area (Å²) in [6.07, 6.45) is 3.98. The van der Waals surface area contributed by atoms with Gasteiger partial charge in [0.1, 0.15) is 0 Å². The van der Waals surface area contributed by atoms with Crippen LogP contribution in [0.4, 0.5) is 0 Å². The summed E-state index contributed by atoms with van der Waals surface area (Å²) in [4.78, 5) is 2.59. The zero-order valence-corrected chi connectivity index (χ0v) is 14.4. The zero-order chi connectivity index (χ0) is 15.3. The van der Waals surface area contributed by atoms with E-state index in [-0.39, 0.29) is 11.0 Å². The van der Waals surface area contributed by atoms with Crippen LogP contribution in [0.5, 0.6) is 0 Å². The van der Waals surface area contributed by atoms with Crippen LogP contribution < -0.4 is 5.32 Å². The second-order valence-electron chi connectivity index (χ2n) is 7.69. The minimum Gasteiger partial charge on any atom is -0.381 e. The van der Waals surface area contributed by atoms with Crippen molar-refractivity contribution in [3.63, 3.8) is 0 Å². The number of hydrogen-bond acceptors (Lipinski definition) is 4. The first kappa shape index (κ1) is 17.2. The SMILES string of the molecule is CCCNCC1(CN2CC(C)OC(C)(C)C2)CCCOC1. The number of hydrogen-bond donors (Lipinski definition) is 1. The predicted molar refractivity (Wildman–Crippen MR) is 86.7 cm³/mol. The van der Waals surface area contributed by atoms with Crippen LogP contribution in [0.25, 0.3) is 0 Å². The Bertz CT molecular complexity index is 314. The van der Waals surface area contributed by atoms with Crippen molar-refractivity contribution < 1.29 is 9.47 Å². The van der Waals surface area contributed by atoms with Gasteiger partial charge >= 0.3 is 0 Å². The maximum atomic E-state index is 6.04. The van der Waals surface area contributed by atoms with Gasteiger partial charge in [0.05, 0.1) is 18.3 Å². The van der Waals surface area contributed by atoms with Crippen molar-refractivity contribution in [2.45, 2.75) is 58.7 Å². The number of rotatable bonds is 6. The van der Waals surface area contributed by atoms with E-state index in [1.807, 2.05) is 0 Å². The molecule has 0 aromatic carbocycles. The van der Waals surface area contributed by atoms with Crippen molar-refractivity contribution in [2.75, 3.05) is 45.9 Å². The van der Waals surface area contributed by atoms with Crippen LogP contribution in [-0.4, -0.2) is 62.5 Å². The summed E-state index contributed by atoms with van der Waals surface area (Å²) in [5.74, 6) is 0. The van der Waals surface area contributed by atoms with Gasteiger partial charge in [0.2, 0.25) is 0 Å². The molecule has 2 aliphatic heterocycles. The highest BCUT2D eigenvalue weighted by Crippen LogP contribution is 2.31. The Hall–Kier alpha value is -0.160. The van der Waals surface area contributed by atoms with Crippen molar-refractivity contribution in [1.82, 2.24) is 10.2 Å². The lowest BCUT2D eigenvalue weighted by Gasteiger charge is -2.47. The van der Waals surface area contributed by atoms with Crippen molar-refractivity contribution >= 4 is 0 Å². The Balaban J connectivity index is 1.97. The van der Waals surface area contributed by atoms with E-state index >= 15 is 0 Å². The molecule has 1 N–H and O–H groups in total. The van der Waals surface area contributed by atoms with Crippen molar-refractivity contribution in [1.29, 1.82) is 0 Å². The molecule has 0 spiro atoms. The molecule has 2 fully saturated rings. The van der Waals surface area contributed by atoms with Gasteiger partial charge in [-0.25, -0.2) is 0 Å². The topological polar surface area (TPSA) is 33.7 Å². The minimum absolute atomic E-state index is 0.0365. The summed E-state index contributed by atoms with van der Waals surface area (Å²) in [7, 11) is 0. The Kier molecular flexibility index (Phi) is 6.06. The lowest BCUT2D eigenvalue weighted by molar-refractivity contribution is -0.141. The average Bonchev–Trinajstić information content (AvgIpc) is 2.37. The van der Waals surface area contributed by atoms with Gasteiger partial charge in [-0.2, -0.15) is 0 Å². The van der Waals surface area contributed by atoms with E-state index in [0.717, 1.165) is 45.9 Å². The highest BCUT2D eigenvalue weighted by atomic mass is 16.5. The molecular formula is C17H34N2O2. The summed E-state index contributed by atoms with van der Waals surface area (Å²) in [5, 5.41) is 3.63. The van der Waals surface area contributed by atoms with Gasteiger partial charge in [0.25, 0.3) is 0 Å². The fourth-order valence-corrected chi connectivity index (χ4v) is 3.94. The summed E-state index contributed by atoms with van der Waals surface area (Å²) in [6, 6.07) is 0. The number of morpholine rings is 1. The molecule has 2 rings (SSSR count). The highest BCUT2D eigenvalue weighted by Gasteiger charge is 2.38. The van der Waals surface area contributed by atoms with E-state index in [4.69, 9.17) is 9.47 Å². The fourth-order valence-electron chi connectivity index (χ4n) is 3.94. The van der Waals surface area contributed by atoms with Gasteiger partial charge in [-0.15, -0.1) is 0 Å². The molecule has 0 aliphatic carbocycles. The number of nitrogens with zero attached hydrogens (tertiary/aromatic N) is 1. The quantitative estimate of drug-likeness (QED) is 0.763. The lowest BCUT2D eigenvalue weighted by atomic mass is 9.81. The molecule has 0 bridgehead atoms. The molecule has 0 radical (unpaired) electrons. The van der Waals surface area contributed by atoms with Crippen molar-refractivity contribution in [3.8, 4) is 0 Å². The monoisotopic (exact) mass is 298 g/mol. The third-order valence-corrected chi connectivity index (χ3v) is 4.53. The first-order valence-corrected chi connectivity index (χ1v) is 8.63. The number of ether oxygens (including phenoxy) is 2. The molecule has 2 saturated heterocycles. The first-order chi connectivity index (χ1) is 9.95. The Morgan fingerprint density at radius 3 is 2.76 bits per heavy atom. The van der Waals surface area contributed by atoms with Crippen LogP contribution in [0.1, 0.15) is 47.0 Å². The largest absolute Gasteiger partial charge is 0.381 e. The third kappa shape index (κ3) is 5.20. The van der Waals surface area contributed by atoms with E-state index in [9.17, 15) is 0 Å². The maximum Gasteiger partial charge on any atom is 0.0757 e. The second-order valence-corrected chi connectivity index (χ2v) is 7.69. The molecule has 0 aromatic heterocycles. The van der Waals surface area contributed by atoms with Crippen LogP contribution in [0.3, 0.4) is 0 Å². The predicted octanol–water partition coefficient (Wildman–Crippen LogP) is 2.28. The van der Waals surface area contributed by atoms with Gasteiger partial charge in [-0.1, -0.05) is 6.92 Å². The standard InChI is InChI=1S/C17H34N2O2/c1-5-8-18-11-17(7-6-9-20-14-17)13-19-10-15(2)21-16(3,4)12-19/h15,18H,5-14H2,1-4H3. The zero-order valence-electron chi connectivity index (χ0n) is 14.4. The Morgan fingerprint density at radius 1 is 1.33 bits per heavy atom. The summed E-state index contributed by atoms with van der Waals surface area (Å²) in [5.41, 5.74) is 0.242. The molecule has 0 amide bonds. The molecule has 124 valence electrons. The van der Waals surface area contributed by atoms with Crippen LogP contribution in [0.2, 0.25) is 0 Å². The maximum absolute atomic E-state index is 6.04. The molecule has 2 heterocycles. The fraction of sp³-hybridized carbons (Fsp3) is 1.00. The van der Waals surface area contributed by atoms with E-state index in [1.54, 1.807) is 0 Å². The van der Waals surface area contributed by atoms with E-state index < -0.39 is 0 Å². The van der Waals surface area contributed by atoms with Crippen molar-refractivity contribution in [2.24, 2.45) is 5.41 Å². The summed E-state index contributed by atoms with van der Waals surface area (Å²) < 4.78 is 11.9. The Labute approximate surface area is 130 Å². The second kappa shape index (κ2) is 7.40. The highest BCUT2D eigenvalue weighted by molar-refractivity contribution is 4.91. The molecule has 0 saturated carbocycles. The Morgan fingerprint density at radius 2 is 2.14 bits per heavy atom. The first-order valence-electron chi connectivity index (χ1n) is 8.63. The lowest BCUT2D eigenvalue weighted by Crippen LogP contribution is -2.57. The van der Waals surface area contributed by atoms with Crippen LogP contribution in [0.15, 0.2) is 0 Å². The van der Waals surface area contributed by atoms with Gasteiger partial charge in [0.15, 0.2) is 0 Å². The summed E-state index contributed by atoms with van der Waals surface area (Å²) in [6.45, 7) is 16.0. The molecule has 4 heteroatoms. The van der Waals surface area contributed by atoms with Gasteiger partial charge < -0.3 is 14.8 Å².